The van der Waals surface area contributed by atoms with Gasteiger partial charge in [0.25, 0.3) is 5.91 Å². The molecular formula is C18H22N2O5S. The van der Waals surface area contributed by atoms with Gasteiger partial charge in [0, 0.05) is 17.6 Å². The van der Waals surface area contributed by atoms with Crippen LogP contribution in [-0.4, -0.2) is 48.0 Å². The lowest BCUT2D eigenvalue weighted by Crippen LogP contribution is -2.30. The Hall–Kier alpha value is -2.61. The Morgan fingerprint density at radius 3 is 2.54 bits per heavy atom. The summed E-state index contributed by atoms with van der Waals surface area (Å²) in [5, 5.41) is 1.94. The molecule has 7 nitrogen and oxygen atoms in total. The zero-order chi connectivity index (χ0) is 19.3. The van der Waals surface area contributed by atoms with E-state index in [0.717, 1.165) is 4.88 Å². The third kappa shape index (κ3) is 4.51. The number of esters is 2. The van der Waals surface area contributed by atoms with E-state index in [1.54, 1.807) is 39.2 Å². The summed E-state index contributed by atoms with van der Waals surface area (Å²) >= 11 is 1.55. The number of amides is 1. The summed E-state index contributed by atoms with van der Waals surface area (Å²) in [7, 11) is 1.65. The van der Waals surface area contributed by atoms with Crippen molar-refractivity contribution in [2.24, 2.45) is 0 Å². The molecule has 2 heterocycles. The highest BCUT2D eigenvalue weighted by atomic mass is 32.1. The van der Waals surface area contributed by atoms with Gasteiger partial charge in [-0.3, -0.25) is 4.79 Å². The minimum absolute atomic E-state index is 0.220. The topological polar surface area (TPSA) is 88.7 Å². The number of ether oxygens (including phenoxy) is 2. The molecule has 1 amide bonds. The first-order valence-corrected chi connectivity index (χ1v) is 9.02. The molecule has 140 valence electrons. The fourth-order valence-electron chi connectivity index (χ4n) is 2.50. The highest BCUT2D eigenvalue weighted by Crippen LogP contribution is 2.20. The van der Waals surface area contributed by atoms with Crippen LogP contribution in [0.15, 0.2) is 17.5 Å². The van der Waals surface area contributed by atoms with Crippen LogP contribution in [0.2, 0.25) is 0 Å². The Bertz CT molecular complexity index is 795. The summed E-state index contributed by atoms with van der Waals surface area (Å²) in [4.78, 5) is 41.8. The predicted octanol–water partition coefficient (Wildman–Crippen LogP) is 2.69. The van der Waals surface area contributed by atoms with Crippen LogP contribution < -0.4 is 0 Å². The smallest absolute Gasteiger partial charge is 0.355 e. The van der Waals surface area contributed by atoms with Crippen LogP contribution in [0.5, 0.6) is 0 Å². The molecule has 2 aromatic heterocycles. The Kier molecular flexibility index (Phi) is 6.57. The number of carbonyl (C=O) groups excluding carboxylic acids is 3. The minimum Gasteiger partial charge on any atom is -0.461 e. The largest absolute Gasteiger partial charge is 0.461 e. The molecule has 0 radical (unpaired) electrons. The highest BCUT2D eigenvalue weighted by molar-refractivity contribution is 7.09. The van der Waals surface area contributed by atoms with E-state index < -0.39 is 11.9 Å². The first-order valence-electron chi connectivity index (χ1n) is 8.14. The van der Waals surface area contributed by atoms with E-state index in [1.807, 2.05) is 17.5 Å². The predicted molar refractivity (Wildman–Crippen MR) is 97.3 cm³/mol. The molecule has 0 saturated heterocycles. The van der Waals surface area contributed by atoms with Gasteiger partial charge in [-0.25, -0.2) is 9.59 Å². The van der Waals surface area contributed by atoms with Crippen molar-refractivity contribution < 1.29 is 23.9 Å². The molecule has 0 aromatic carbocycles. The van der Waals surface area contributed by atoms with Crippen LogP contribution in [0.4, 0.5) is 0 Å². The van der Waals surface area contributed by atoms with Gasteiger partial charge < -0.3 is 19.4 Å². The standard InChI is InChI=1S/C18H22N2O5S/c1-5-24-18(23)16-11(2)15(12(3)19-16)17(22)25-10-14(21)20(4)9-13-7-6-8-26-13/h6-8,19H,5,9-10H2,1-4H3. The van der Waals surface area contributed by atoms with Crippen molar-refractivity contribution in [3.63, 3.8) is 0 Å². The van der Waals surface area contributed by atoms with Crippen molar-refractivity contribution in [3.8, 4) is 0 Å². The molecule has 1 N–H and O–H groups in total. The lowest BCUT2D eigenvalue weighted by molar-refractivity contribution is -0.133. The van der Waals surface area contributed by atoms with Crippen LogP contribution >= 0.6 is 11.3 Å². The van der Waals surface area contributed by atoms with Gasteiger partial charge >= 0.3 is 11.9 Å². The van der Waals surface area contributed by atoms with Crippen molar-refractivity contribution in [2.45, 2.75) is 27.3 Å². The summed E-state index contributed by atoms with van der Waals surface area (Å²) in [6, 6.07) is 3.85. The number of hydrogen-bond acceptors (Lipinski definition) is 6. The van der Waals surface area contributed by atoms with Gasteiger partial charge in [-0.2, -0.15) is 0 Å². The maximum Gasteiger partial charge on any atom is 0.355 e. The molecule has 0 unspecified atom stereocenters. The normalized spacial score (nSPS) is 10.5. The number of hydrogen-bond donors (Lipinski definition) is 1. The first-order chi connectivity index (χ1) is 12.3. The maximum atomic E-state index is 12.4. The number of aromatic nitrogens is 1. The van der Waals surface area contributed by atoms with Crippen molar-refractivity contribution in [2.75, 3.05) is 20.3 Å². The average Bonchev–Trinajstić information content (AvgIpc) is 3.20. The van der Waals surface area contributed by atoms with E-state index in [-0.39, 0.29) is 30.4 Å². The lowest BCUT2D eigenvalue weighted by atomic mass is 10.1. The number of thiophene rings is 1. The van der Waals surface area contributed by atoms with Crippen molar-refractivity contribution in [1.82, 2.24) is 9.88 Å². The van der Waals surface area contributed by atoms with E-state index >= 15 is 0 Å². The number of likely N-dealkylation sites (N-methyl/N-ethyl adjacent to an activating group) is 1. The number of carbonyl (C=O) groups is 3. The van der Waals surface area contributed by atoms with E-state index in [1.165, 1.54) is 4.90 Å². The van der Waals surface area contributed by atoms with Crippen LogP contribution in [0.3, 0.4) is 0 Å². The van der Waals surface area contributed by atoms with Gasteiger partial charge in [0.15, 0.2) is 6.61 Å². The van der Waals surface area contributed by atoms with Gasteiger partial charge in [-0.1, -0.05) is 6.07 Å². The maximum absolute atomic E-state index is 12.4. The quantitative estimate of drug-likeness (QED) is 0.749. The third-order valence-electron chi connectivity index (χ3n) is 3.85. The Labute approximate surface area is 155 Å². The van der Waals surface area contributed by atoms with E-state index in [4.69, 9.17) is 9.47 Å². The lowest BCUT2D eigenvalue weighted by Gasteiger charge is -2.16. The van der Waals surface area contributed by atoms with Gasteiger partial charge in [-0.05, 0) is 37.8 Å². The third-order valence-corrected chi connectivity index (χ3v) is 4.71. The van der Waals surface area contributed by atoms with Gasteiger partial charge in [0.2, 0.25) is 0 Å². The second-order valence-electron chi connectivity index (χ2n) is 5.75. The average molecular weight is 378 g/mol. The summed E-state index contributed by atoms with van der Waals surface area (Å²) in [6.07, 6.45) is 0. The number of aromatic amines is 1. The van der Waals surface area contributed by atoms with Crippen LogP contribution in [0, 0.1) is 13.8 Å². The van der Waals surface area contributed by atoms with Crippen LogP contribution in [-0.2, 0) is 20.8 Å². The number of H-pyrrole nitrogens is 1. The Morgan fingerprint density at radius 1 is 1.19 bits per heavy atom. The molecule has 2 rings (SSSR count). The second kappa shape index (κ2) is 8.66. The molecule has 0 spiro atoms. The molecule has 0 saturated carbocycles. The van der Waals surface area contributed by atoms with Gasteiger partial charge in [-0.15, -0.1) is 11.3 Å². The second-order valence-corrected chi connectivity index (χ2v) is 6.78. The first kappa shape index (κ1) is 19.7. The molecule has 0 aliphatic heterocycles. The molecule has 26 heavy (non-hydrogen) atoms. The molecule has 0 aliphatic carbocycles. The van der Waals surface area contributed by atoms with Gasteiger partial charge in [0.1, 0.15) is 5.69 Å². The number of aryl methyl sites for hydroxylation is 1. The monoisotopic (exact) mass is 378 g/mol. The van der Waals surface area contributed by atoms with E-state index in [0.29, 0.717) is 17.8 Å². The van der Waals surface area contributed by atoms with E-state index in [9.17, 15) is 14.4 Å². The Morgan fingerprint density at radius 2 is 1.92 bits per heavy atom. The number of nitrogens with one attached hydrogen (secondary N) is 1. The zero-order valence-electron chi connectivity index (χ0n) is 15.3. The molecule has 0 bridgehead atoms. The van der Waals surface area contributed by atoms with Crippen molar-refractivity contribution >= 4 is 29.2 Å². The molecule has 0 fully saturated rings. The number of nitrogens with zero attached hydrogens (tertiary/aromatic N) is 1. The SMILES string of the molecule is CCOC(=O)c1[nH]c(C)c(C(=O)OCC(=O)N(C)Cc2cccs2)c1C. The summed E-state index contributed by atoms with van der Waals surface area (Å²) < 4.78 is 10.1. The molecule has 2 aromatic rings. The summed E-state index contributed by atoms with van der Waals surface area (Å²) in [5.74, 6) is -1.48. The zero-order valence-corrected chi connectivity index (χ0v) is 16.1. The van der Waals surface area contributed by atoms with E-state index in [2.05, 4.69) is 4.98 Å². The summed E-state index contributed by atoms with van der Waals surface area (Å²) in [6.45, 7) is 5.34. The van der Waals surface area contributed by atoms with Crippen molar-refractivity contribution in [3.05, 3.63) is 44.9 Å². The molecule has 0 atom stereocenters. The molecule has 8 heteroatoms. The summed E-state index contributed by atoms with van der Waals surface area (Å²) in [5.41, 5.74) is 1.42. The molecular weight excluding hydrogens is 356 g/mol. The highest BCUT2D eigenvalue weighted by Gasteiger charge is 2.24. The fraction of sp³-hybridized carbons (Fsp3) is 0.389. The van der Waals surface area contributed by atoms with Crippen LogP contribution in [0.1, 0.15) is 43.9 Å². The van der Waals surface area contributed by atoms with Crippen LogP contribution in [0.25, 0.3) is 0 Å². The van der Waals surface area contributed by atoms with Gasteiger partial charge in [0.05, 0.1) is 18.7 Å². The minimum atomic E-state index is -0.648. The van der Waals surface area contributed by atoms with Crippen molar-refractivity contribution in [1.29, 1.82) is 0 Å². The molecule has 0 aliphatic rings. The fourth-order valence-corrected chi connectivity index (χ4v) is 3.25. The Balaban J connectivity index is 1.99. The number of rotatable bonds is 7.